The molecule has 4 rings (SSSR count). The number of nitrogens with one attached hydrogen (secondary N) is 2. The van der Waals surface area contributed by atoms with Crippen molar-refractivity contribution < 1.29 is 22.1 Å². The largest absolute Gasteiger partial charge is 0.354 e. The Morgan fingerprint density at radius 2 is 2.07 bits per heavy atom. The summed E-state index contributed by atoms with van der Waals surface area (Å²) in [6.45, 7) is 1.73. The van der Waals surface area contributed by atoms with E-state index in [9.17, 15) is 17.6 Å². The Labute approximate surface area is 176 Å². The van der Waals surface area contributed by atoms with Crippen molar-refractivity contribution in [2.45, 2.75) is 24.0 Å². The van der Waals surface area contributed by atoms with Crippen LogP contribution >= 0.6 is 11.3 Å². The molecule has 1 aliphatic rings. The zero-order valence-electron chi connectivity index (χ0n) is 15.9. The maximum Gasteiger partial charge on any atom is 0.271 e. The standard InChI is InChI=1S/C20H18FN3O4S2/c1-12-19(22-20(25)13-5-6-13)17(28-23-12)9-7-16-8-10-18(29-16)30(26,27)24-15-4-2-3-14(21)11-15/h2-4,7-11,13,24H,5-6H2,1H3,(H,22,25). The second kappa shape index (κ2) is 8.04. The highest BCUT2D eigenvalue weighted by Crippen LogP contribution is 2.32. The molecule has 0 atom stereocenters. The number of sulfonamides is 1. The number of hydrogen-bond donors (Lipinski definition) is 2. The molecule has 7 nitrogen and oxygen atoms in total. The first kappa shape index (κ1) is 20.3. The summed E-state index contributed by atoms with van der Waals surface area (Å²) in [5, 5.41) is 6.72. The molecule has 3 aromatic rings. The van der Waals surface area contributed by atoms with Crippen molar-refractivity contribution in [3.05, 3.63) is 58.5 Å². The first-order valence-corrected chi connectivity index (χ1v) is 11.5. The first-order chi connectivity index (χ1) is 14.3. The third-order valence-electron chi connectivity index (χ3n) is 4.43. The summed E-state index contributed by atoms with van der Waals surface area (Å²) >= 11 is 1.04. The Morgan fingerprint density at radius 1 is 1.27 bits per heavy atom. The molecular weight excluding hydrogens is 429 g/mol. The van der Waals surface area contributed by atoms with E-state index in [1.165, 1.54) is 24.3 Å². The monoisotopic (exact) mass is 447 g/mol. The fourth-order valence-electron chi connectivity index (χ4n) is 2.71. The van der Waals surface area contributed by atoms with Crippen LogP contribution in [0.2, 0.25) is 0 Å². The van der Waals surface area contributed by atoms with E-state index >= 15 is 0 Å². The van der Waals surface area contributed by atoms with Gasteiger partial charge in [-0.05, 0) is 62.2 Å². The lowest BCUT2D eigenvalue weighted by Crippen LogP contribution is -2.14. The van der Waals surface area contributed by atoms with E-state index in [2.05, 4.69) is 15.2 Å². The van der Waals surface area contributed by atoms with Gasteiger partial charge in [0.15, 0.2) is 5.76 Å². The average Bonchev–Trinajstić information content (AvgIpc) is 3.33. The van der Waals surface area contributed by atoms with Crippen molar-refractivity contribution in [1.82, 2.24) is 5.16 Å². The van der Waals surface area contributed by atoms with Gasteiger partial charge in [-0.25, -0.2) is 12.8 Å². The van der Waals surface area contributed by atoms with Crippen molar-refractivity contribution in [2.24, 2.45) is 5.92 Å². The minimum atomic E-state index is -3.84. The smallest absolute Gasteiger partial charge is 0.271 e. The number of thiophene rings is 1. The first-order valence-electron chi connectivity index (χ1n) is 9.15. The van der Waals surface area contributed by atoms with Gasteiger partial charge in [-0.2, -0.15) is 0 Å². The lowest BCUT2D eigenvalue weighted by molar-refractivity contribution is -0.117. The molecule has 1 amide bonds. The van der Waals surface area contributed by atoms with Crippen LogP contribution in [0, 0.1) is 18.7 Å². The van der Waals surface area contributed by atoms with Crippen LogP contribution in [0.1, 0.15) is 29.2 Å². The van der Waals surface area contributed by atoms with E-state index < -0.39 is 15.8 Å². The molecule has 0 aliphatic heterocycles. The van der Waals surface area contributed by atoms with Crippen LogP contribution in [0.15, 0.2) is 45.1 Å². The third-order valence-corrected chi connectivity index (χ3v) is 7.35. The van der Waals surface area contributed by atoms with Crippen LogP contribution in [-0.2, 0) is 14.8 Å². The number of aryl methyl sites for hydroxylation is 1. The predicted molar refractivity (Wildman–Crippen MR) is 113 cm³/mol. The van der Waals surface area contributed by atoms with Gasteiger partial charge in [-0.15, -0.1) is 11.3 Å². The number of aromatic nitrogens is 1. The van der Waals surface area contributed by atoms with Crippen LogP contribution in [0.25, 0.3) is 12.2 Å². The van der Waals surface area contributed by atoms with Crippen molar-refractivity contribution in [3.63, 3.8) is 0 Å². The number of amides is 1. The van der Waals surface area contributed by atoms with Crippen molar-refractivity contribution in [1.29, 1.82) is 0 Å². The Hall–Kier alpha value is -2.98. The van der Waals surface area contributed by atoms with E-state index in [-0.39, 0.29) is 21.7 Å². The molecule has 0 radical (unpaired) electrons. The second-order valence-electron chi connectivity index (χ2n) is 6.88. The Bertz CT molecular complexity index is 1230. The summed E-state index contributed by atoms with van der Waals surface area (Å²) in [6, 6.07) is 8.35. The van der Waals surface area contributed by atoms with E-state index in [1.54, 1.807) is 25.1 Å². The summed E-state index contributed by atoms with van der Waals surface area (Å²) in [5.74, 6) is -0.148. The molecule has 1 aliphatic carbocycles. The summed E-state index contributed by atoms with van der Waals surface area (Å²) in [7, 11) is -3.84. The molecule has 30 heavy (non-hydrogen) atoms. The van der Waals surface area contributed by atoms with Gasteiger partial charge in [0.25, 0.3) is 10.0 Å². The van der Waals surface area contributed by atoms with Gasteiger partial charge < -0.3 is 9.84 Å². The number of rotatable bonds is 7. The number of nitrogens with zero attached hydrogens (tertiary/aromatic N) is 1. The molecule has 1 fully saturated rings. The lowest BCUT2D eigenvalue weighted by Gasteiger charge is -2.05. The normalized spacial score (nSPS) is 14.2. The number of benzene rings is 1. The number of carbonyl (C=O) groups excluding carboxylic acids is 1. The Kier molecular flexibility index (Phi) is 5.44. The summed E-state index contributed by atoms with van der Waals surface area (Å²) in [5.41, 5.74) is 1.23. The van der Waals surface area contributed by atoms with Crippen LogP contribution in [0.3, 0.4) is 0 Å². The quantitative estimate of drug-likeness (QED) is 0.555. The summed E-state index contributed by atoms with van der Waals surface area (Å²) < 4.78 is 46.1. The van der Waals surface area contributed by atoms with Crippen molar-refractivity contribution in [3.8, 4) is 0 Å². The zero-order chi connectivity index (χ0) is 21.3. The maximum absolute atomic E-state index is 13.3. The predicted octanol–water partition coefficient (Wildman–Crippen LogP) is 4.50. The molecule has 0 bridgehead atoms. The van der Waals surface area contributed by atoms with Crippen LogP contribution in [-0.4, -0.2) is 19.5 Å². The average molecular weight is 448 g/mol. The highest BCUT2D eigenvalue weighted by atomic mass is 32.2. The topological polar surface area (TPSA) is 101 Å². The van der Waals surface area contributed by atoms with Gasteiger partial charge in [0, 0.05) is 10.8 Å². The highest BCUT2D eigenvalue weighted by molar-refractivity contribution is 7.94. The minimum absolute atomic E-state index is 0.0479. The van der Waals surface area contributed by atoms with Crippen LogP contribution in [0.4, 0.5) is 15.8 Å². The molecule has 1 aromatic carbocycles. The molecule has 0 spiro atoms. The molecule has 156 valence electrons. The number of carbonyl (C=O) groups is 1. The van der Waals surface area contributed by atoms with Gasteiger partial charge in [-0.1, -0.05) is 11.2 Å². The fourth-order valence-corrected chi connectivity index (χ4v) is 4.99. The van der Waals surface area contributed by atoms with E-state index in [0.29, 0.717) is 22.0 Å². The maximum atomic E-state index is 13.3. The van der Waals surface area contributed by atoms with Gasteiger partial charge >= 0.3 is 0 Å². The molecule has 2 heterocycles. The van der Waals surface area contributed by atoms with E-state index in [0.717, 1.165) is 30.2 Å². The number of hydrogen-bond acceptors (Lipinski definition) is 6. The highest BCUT2D eigenvalue weighted by Gasteiger charge is 2.30. The molecule has 0 unspecified atom stereocenters. The molecule has 2 N–H and O–H groups in total. The SMILES string of the molecule is Cc1noc(C=Cc2ccc(S(=O)(=O)Nc3cccc(F)c3)s2)c1NC(=O)C1CC1. The Balaban J connectivity index is 1.49. The van der Waals surface area contributed by atoms with E-state index in [4.69, 9.17) is 4.52 Å². The van der Waals surface area contributed by atoms with Crippen LogP contribution in [0.5, 0.6) is 0 Å². The second-order valence-corrected chi connectivity index (χ2v) is 9.90. The molecular formula is C20H18FN3O4S2. The summed E-state index contributed by atoms with van der Waals surface area (Å²) in [4.78, 5) is 12.7. The van der Waals surface area contributed by atoms with Gasteiger partial charge in [0.1, 0.15) is 21.4 Å². The van der Waals surface area contributed by atoms with Crippen molar-refractivity contribution in [2.75, 3.05) is 10.0 Å². The minimum Gasteiger partial charge on any atom is -0.354 e. The lowest BCUT2D eigenvalue weighted by atomic mass is 10.2. The fraction of sp³-hybridized carbons (Fsp3) is 0.200. The molecule has 10 heteroatoms. The van der Waals surface area contributed by atoms with E-state index in [1.807, 2.05) is 0 Å². The van der Waals surface area contributed by atoms with Gasteiger partial charge in [-0.3, -0.25) is 9.52 Å². The molecule has 1 saturated carbocycles. The van der Waals surface area contributed by atoms with Crippen LogP contribution < -0.4 is 10.0 Å². The number of halogens is 1. The zero-order valence-corrected chi connectivity index (χ0v) is 17.5. The van der Waals surface area contributed by atoms with Gasteiger partial charge in [0.05, 0.1) is 5.69 Å². The molecule has 0 saturated heterocycles. The Morgan fingerprint density at radius 3 is 2.80 bits per heavy atom. The summed E-state index contributed by atoms with van der Waals surface area (Å²) in [6.07, 6.45) is 5.08. The number of anilines is 2. The van der Waals surface area contributed by atoms with Crippen molar-refractivity contribution >= 4 is 50.8 Å². The third kappa shape index (κ3) is 4.60. The van der Waals surface area contributed by atoms with Gasteiger partial charge in [0.2, 0.25) is 5.91 Å². The molecule has 2 aromatic heterocycles.